The molecular formula is C34H36F2N3NaO7S. The van der Waals surface area contributed by atoms with Crippen LogP contribution in [0.15, 0.2) is 77.7 Å². The zero-order chi connectivity index (χ0) is 34.5. The number of nitrogens with one attached hydrogen (secondary N) is 1. The number of aliphatic hydroxyl groups is 2. The molecule has 0 spiro atoms. The molecule has 4 aromatic rings. The molecule has 4 rings (SSSR count). The van der Waals surface area contributed by atoms with Gasteiger partial charge in [-0.05, 0) is 84.0 Å². The molecule has 0 aliphatic rings. The van der Waals surface area contributed by atoms with Crippen molar-refractivity contribution in [2.45, 2.75) is 69.1 Å². The molecule has 0 saturated carbocycles. The van der Waals surface area contributed by atoms with Gasteiger partial charge in [-0.3, -0.25) is 9.52 Å². The fraction of sp³-hybridized carbons (Fsp3) is 0.294. The number of halogens is 2. The van der Waals surface area contributed by atoms with Gasteiger partial charge in [-0.15, -0.1) is 0 Å². The average molecular weight is 692 g/mol. The largest absolute Gasteiger partial charge is 1.00 e. The summed E-state index contributed by atoms with van der Waals surface area (Å²) in [5.74, 6) is -3.59. The normalized spacial score (nSPS) is 12.7. The summed E-state index contributed by atoms with van der Waals surface area (Å²) in [5, 5.41) is 31.7. The van der Waals surface area contributed by atoms with E-state index < -0.39 is 58.1 Å². The molecule has 0 aliphatic heterocycles. The molecule has 0 bridgehead atoms. The summed E-state index contributed by atoms with van der Waals surface area (Å²) < 4.78 is 61.5. The number of sulfonamides is 1. The van der Waals surface area contributed by atoms with Gasteiger partial charge in [0.1, 0.15) is 16.5 Å². The fourth-order valence-electron chi connectivity index (χ4n) is 5.62. The van der Waals surface area contributed by atoms with E-state index in [1.165, 1.54) is 60.7 Å². The Balaban J connectivity index is 0.00000625. The van der Waals surface area contributed by atoms with E-state index in [1.807, 2.05) is 0 Å². The van der Waals surface area contributed by atoms with E-state index in [1.54, 1.807) is 30.5 Å². The van der Waals surface area contributed by atoms with Crippen LogP contribution in [0.5, 0.6) is 0 Å². The molecule has 0 unspecified atom stereocenters. The van der Waals surface area contributed by atoms with Crippen LogP contribution in [0.2, 0.25) is 0 Å². The predicted octanol–water partition coefficient (Wildman–Crippen LogP) is 0.698. The molecule has 48 heavy (non-hydrogen) atoms. The first kappa shape index (κ1) is 38.9. The van der Waals surface area contributed by atoms with Gasteiger partial charge in [0.15, 0.2) is 0 Å². The molecule has 1 heterocycles. The number of aliphatic hydroxyl groups excluding tert-OH is 2. The van der Waals surface area contributed by atoms with Crippen molar-refractivity contribution in [3.63, 3.8) is 0 Å². The monoisotopic (exact) mass is 691 g/mol. The number of hydrogen-bond donors (Lipinski definition) is 4. The minimum absolute atomic E-state index is 0. The Morgan fingerprint density at radius 2 is 1.52 bits per heavy atom. The van der Waals surface area contributed by atoms with Crippen molar-refractivity contribution in [1.29, 1.82) is 0 Å². The number of carbonyl (C=O) groups is 2. The molecule has 250 valence electrons. The molecule has 0 radical (unpaired) electrons. The minimum Gasteiger partial charge on any atom is -0.550 e. The molecule has 14 heteroatoms. The molecule has 2 atom stereocenters. The number of hydrogen-bond acceptors (Lipinski definition) is 7. The van der Waals surface area contributed by atoms with E-state index in [9.17, 15) is 42.1 Å². The number of primary amides is 1. The fourth-order valence-corrected chi connectivity index (χ4v) is 7.27. The number of amides is 1. The summed E-state index contributed by atoms with van der Waals surface area (Å²) in [6.07, 6.45) is -3.59. The average Bonchev–Trinajstić information content (AvgIpc) is 3.32. The van der Waals surface area contributed by atoms with Gasteiger partial charge in [-0.2, -0.15) is 0 Å². The van der Waals surface area contributed by atoms with Crippen LogP contribution in [0.3, 0.4) is 0 Å². The standard InChI is InChI=1S/C34H37F2N3O7S.Na/c1-20(2)32-34(47(45,46)38-26-5-3-4-21(16-26)17-29(37)42)31(22-6-10-24(35)11-7-22)33(23-8-12-25(36)13-9-23)39(32)15-14-27(40)18-28(41)19-30(43)44;/h3-13,16,20,27-28,38,40-41H,14-15,17-19H2,1-2H3,(H2,37,42)(H,43,44);/q;+1/p-1/t27-,28-;/m1./s1. The Morgan fingerprint density at radius 3 is 2.06 bits per heavy atom. The third-order valence-electron chi connectivity index (χ3n) is 7.51. The first-order valence-electron chi connectivity index (χ1n) is 14.9. The van der Waals surface area contributed by atoms with E-state index >= 15 is 0 Å². The first-order chi connectivity index (χ1) is 22.2. The number of rotatable bonds is 15. The van der Waals surface area contributed by atoms with Gasteiger partial charge in [0.05, 0.1) is 24.3 Å². The van der Waals surface area contributed by atoms with Crippen molar-refractivity contribution in [1.82, 2.24) is 4.57 Å². The number of nitrogens with two attached hydrogens (primary N) is 1. The van der Waals surface area contributed by atoms with E-state index in [-0.39, 0.29) is 71.5 Å². The summed E-state index contributed by atoms with van der Waals surface area (Å²) in [4.78, 5) is 22.3. The van der Waals surface area contributed by atoms with Crippen molar-refractivity contribution < 1.29 is 71.7 Å². The van der Waals surface area contributed by atoms with Crippen LogP contribution < -0.4 is 45.1 Å². The summed E-state index contributed by atoms with van der Waals surface area (Å²) in [6.45, 7) is 3.57. The molecule has 0 saturated heterocycles. The summed E-state index contributed by atoms with van der Waals surface area (Å²) >= 11 is 0. The Kier molecular flexibility index (Phi) is 13.5. The van der Waals surface area contributed by atoms with Gasteiger partial charge in [0.25, 0.3) is 10.0 Å². The van der Waals surface area contributed by atoms with Crippen LogP contribution in [0.4, 0.5) is 14.5 Å². The topological polar surface area (TPSA) is 175 Å². The van der Waals surface area contributed by atoms with Crippen LogP contribution in [-0.4, -0.2) is 47.3 Å². The second-order valence-corrected chi connectivity index (χ2v) is 13.2. The van der Waals surface area contributed by atoms with Crippen LogP contribution in [-0.2, 0) is 32.6 Å². The van der Waals surface area contributed by atoms with Crippen LogP contribution >= 0.6 is 0 Å². The predicted molar refractivity (Wildman–Crippen MR) is 170 cm³/mol. The van der Waals surface area contributed by atoms with E-state index in [2.05, 4.69) is 4.72 Å². The Hall–Kier alpha value is -3.59. The van der Waals surface area contributed by atoms with E-state index in [0.29, 0.717) is 28.1 Å². The second kappa shape index (κ2) is 16.7. The Labute approximate surface area is 300 Å². The first-order valence-corrected chi connectivity index (χ1v) is 16.4. The van der Waals surface area contributed by atoms with Crippen molar-refractivity contribution in [2.24, 2.45) is 5.73 Å². The van der Waals surface area contributed by atoms with Crippen LogP contribution in [0.25, 0.3) is 22.4 Å². The van der Waals surface area contributed by atoms with E-state index in [0.717, 1.165) is 0 Å². The van der Waals surface area contributed by atoms with Gasteiger partial charge in [0.2, 0.25) is 5.91 Å². The number of anilines is 1. The van der Waals surface area contributed by atoms with Gasteiger partial charge in [0, 0.05) is 35.9 Å². The van der Waals surface area contributed by atoms with Crippen molar-refractivity contribution >= 4 is 27.6 Å². The molecule has 10 nitrogen and oxygen atoms in total. The molecule has 3 aromatic carbocycles. The molecule has 5 N–H and O–H groups in total. The zero-order valence-corrected chi connectivity index (χ0v) is 29.6. The third kappa shape index (κ3) is 9.74. The van der Waals surface area contributed by atoms with E-state index in [4.69, 9.17) is 5.73 Å². The SMILES string of the molecule is CC(C)c1c(S(=O)(=O)Nc2cccc(CC(N)=O)c2)c(-c2ccc(F)cc2)c(-c2ccc(F)cc2)n1CC[C@@H](O)C[C@@H](O)CC(=O)[O-].[Na+]. The second-order valence-electron chi connectivity index (χ2n) is 11.6. The van der Waals surface area contributed by atoms with Crippen LogP contribution in [0.1, 0.15) is 50.3 Å². The van der Waals surface area contributed by atoms with Crippen molar-refractivity contribution in [3.05, 3.63) is 95.7 Å². The quantitative estimate of drug-likeness (QED) is 0.133. The summed E-state index contributed by atoms with van der Waals surface area (Å²) in [6, 6.07) is 16.9. The summed E-state index contributed by atoms with van der Waals surface area (Å²) in [5.41, 5.74) is 7.64. The van der Waals surface area contributed by atoms with Gasteiger partial charge in [-0.1, -0.05) is 38.1 Å². The Bertz CT molecular complexity index is 1850. The molecular weight excluding hydrogens is 655 g/mol. The number of aliphatic carboxylic acids is 1. The molecule has 0 fully saturated rings. The number of carboxylic acid groups (broad SMARTS) is 1. The van der Waals surface area contributed by atoms with Gasteiger partial charge in [-0.25, -0.2) is 17.2 Å². The molecule has 1 amide bonds. The minimum atomic E-state index is -4.44. The summed E-state index contributed by atoms with van der Waals surface area (Å²) in [7, 11) is -4.44. The number of carboxylic acids is 1. The van der Waals surface area contributed by atoms with Crippen molar-refractivity contribution in [3.8, 4) is 22.4 Å². The number of benzene rings is 3. The molecule has 0 aliphatic carbocycles. The van der Waals surface area contributed by atoms with Gasteiger partial charge < -0.3 is 30.4 Å². The number of aromatic nitrogens is 1. The maximum Gasteiger partial charge on any atom is 1.00 e. The zero-order valence-electron chi connectivity index (χ0n) is 26.8. The third-order valence-corrected chi connectivity index (χ3v) is 8.97. The van der Waals surface area contributed by atoms with Gasteiger partial charge >= 0.3 is 29.6 Å². The van der Waals surface area contributed by atoms with Crippen LogP contribution in [0, 0.1) is 11.6 Å². The number of nitrogens with zero attached hydrogens (tertiary/aromatic N) is 1. The molecule has 1 aromatic heterocycles. The Morgan fingerprint density at radius 1 is 0.938 bits per heavy atom. The smallest absolute Gasteiger partial charge is 0.550 e. The number of carbonyl (C=O) groups excluding carboxylic acids is 2. The van der Waals surface area contributed by atoms with Crippen molar-refractivity contribution in [2.75, 3.05) is 4.72 Å². The maximum absolute atomic E-state index is 14.5. The maximum atomic E-state index is 14.5.